The molecule has 3 heteroatoms. The molecule has 0 aromatic heterocycles. The van der Waals surface area contributed by atoms with Crippen LogP contribution in [0.1, 0.15) is 538 Å². The van der Waals surface area contributed by atoms with Gasteiger partial charge in [-0.1, -0.05) is 288 Å². The van der Waals surface area contributed by atoms with E-state index in [2.05, 4.69) is 93.5 Å². The van der Waals surface area contributed by atoms with E-state index < -0.39 is 0 Å². The Morgan fingerprint density at radius 1 is 0.204 bits per heavy atom. The Hall–Kier alpha value is -1.99. The van der Waals surface area contributed by atoms with Crippen LogP contribution in [0.15, 0.2) is 35.4 Å². The van der Waals surface area contributed by atoms with Crippen molar-refractivity contribution in [2.75, 3.05) is 0 Å². The van der Waals surface area contributed by atoms with Crippen LogP contribution in [-0.4, -0.2) is 4.70 Å². The predicted molar refractivity (Wildman–Crippen MR) is 464 cm³/mol. The second-order valence-corrected chi connectivity index (χ2v) is 34.6. The van der Waals surface area contributed by atoms with Gasteiger partial charge in [-0.05, 0) is 160 Å². The van der Waals surface area contributed by atoms with Gasteiger partial charge in [-0.25, -0.2) is 4.70 Å². The standard InChI is InChI=1S/C60H100N2.2C20H41.Ni/c1-9-17-25-31-37-49-45-53(46-50(38-32-26-18-10-2)55(49)43-35-29-21-13-5)59-57(41-23-15-7)58(42-24-16-8)60(62(59)61)54-47-51(39-33-27-19-11-3)56(44-36-30-22-14-6)52(48-54)40-34-28-20-12-4;2*1-3-5-7-9-11-13-15-17-19-20-18-16-14-12-10-8-6-4-2;/h45-48H,9-44H2,1-8H3;2*1,3-20H2,2H3;. The number of aryl methyl sites for hydroxylation is 4. The monoisotopic (exact) mass is 1470 g/mol. The average molecular weight is 1470 g/mol. The fourth-order valence-electron chi connectivity index (χ4n) is 16.5. The molecule has 2 aromatic rings. The molecule has 0 saturated carbocycles. The zero-order valence-electron chi connectivity index (χ0n) is 71.8. The van der Waals surface area contributed by atoms with E-state index in [9.17, 15) is 5.53 Å². The van der Waals surface area contributed by atoms with Crippen LogP contribution in [-0.2, 0) is 53.0 Å². The first-order valence-corrected chi connectivity index (χ1v) is 49.0. The van der Waals surface area contributed by atoms with Crippen molar-refractivity contribution in [2.24, 2.45) is 0 Å². The maximum atomic E-state index is 13.1. The minimum Gasteiger partial charge on any atom is -0.493 e. The van der Waals surface area contributed by atoms with Crippen molar-refractivity contribution in [3.05, 3.63) is 85.5 Å². The summed E-state index contributed by atoms with van der Waals surface area (Å²) in [6.45, 7) is 23.3. The molecule has 103 heavy (non-hydrogen) atoms. The molecular formula is C100H182N2Ni. The van der Waals surface area contributed by atoms with Gasteiger partial charge in [-0.15, -0.1) is 0 Å². The summed E-state index contributed by atoms with van der Waals surface area (Å²) in [6, 6.07) is 10.3. The molecule has 2 nitrogen and oxygen atoms in total. The first-order chi connectivity index (χ1) is 50.8. The van der Waals surface area contributed by atoms with Crippen molar-refractivity contribution in [3.8, 4) is 0 Å². The van der Waals surface area contributed by atoms with E-state index in [-0.39, 0.29) is 0 Å². The Kier molecular flexibility index (Phi) is 68.7. The molecule has 2 aromatic carbocycles. The third-order valence-electron chi connectivity index (χ3n) is 23.3. The second-order valence-electron chi connectivity index (χ2n) is 33.1. The average Bonchev–Trinajstić information content (AvgIpc) is 1.61. The van der Waals surface area contributed by atoms with Crippen LogP contribution >= 0.6 is 0 Å². The summed E-state index contributed by atoms with van der Waals surface area (Å²) in [5, 5.41) is 2.87. The Morgan fingerprint density at radius 2 is 0.379 bits per heavy atom. The molecule has 0 fully saturated rings. The van der Waals surface area contributed by atoms with Crippen LogP contribution < -0.4 is 0 Å². The minimum absolute atomic E-state index is 1.03. The molecule has 1 heterocycles. The zero-order valence-corrected chi connectivity index (χ0v) is 72.8. The molecular weight excluding hydrogens is 1290 g/mol. The van der Waals surface area contributed by atoms with Gasteiger partial charge in [0.2, 0.25) is 11.4 Å². The van der Waals surface area contributed by atoms with E-state index in [1.54, 1.807) is 38.1 Å². The Morgan fingerprint density at radius 3 is 0.583 bits per heavy atom. The number of allylic oxidation sites excluding steroid dienone is 2. The van der Waals surface area contributed by atoms with Crippen molar-refractivity contribution < 1.29 is 19.1 Å². The first-order valence-electron chi connectivity index (χ1n) is 47.6. The van der Waals surface area contributed by atoms with E-state index in [4.69, 9.17) is 0 Å². The van der Waals surface area contributed by atoms with Crippen molar-refractivity contribution >= 4 is 11.4 Å². The molecule has 0 bridgehead atoms. The van der Waals surface area contributed by atoms with Crippen LogP contribution in [0.5, 0.6) is 0 Å². The maximum absolute atomic E-state index is 13.1. The summed E-state index contributed by atoms with van der Waals surface area (Å²) < 4.78 is 1.76. The molecule has 1 aliphatic heterocycles. The summed E-state index contributed by atoms with van der Waals surface area (Å²) in [4.78, 5) is 0. The Balaban J connectivity index is 0.000000765. The quantitative estimate of drug-likeness (QED) is 0.0358. The number of benzene rings is 2. The Labute approximate surface area is 654 Å². The fraction of sp³-hybridized carbons (Fsp3) is 0.840. The molecule has 0 saturated heterocycles. The van der Waals surface area contributed by atoms with E-state index in [0.29, 0.717) is 0 Å². The van der Waals surface area contributed by atoms with Crippen LogP contribution in [0.25, 0.3) is 16.9 Å². The van der Waals surface area contributed by atoms with Crippen molar-refractivity contribution in [1.29, 1.82) is 0 Å². The van der Waals surface area contributed by atoms with Gasteiger partial charge in [0, 0.05) is 22.3 Å². The third kappa shape index (κ3) is 49.0. The SMILES string of the molecule is CCCCCCCCCCCCCCCCCCC[CH2][Ni][CH2]CCCCCCCCCCCCCCCCCCC.CCCCCCc1cc(C2=C(CCCC)C(CCCC)=C(c3cc(CCCCCC)c(CCCCCC)c(CCCCCC)c3)[N+]2=[N-])cc(CCCCCC)c1CCCCCC. The van der Waals surface area contributed by atoms with Gasteiger partial charge in [-0.2, -0.15) is 0 Å². The van der Waals surface area contributed by atoms with Gasteiger partial charge in [0.25, 0.3) is 0 Å². The van der Waals surface area contributed by atoms with Crippen molar-refractivity contribution in [2.45, 2.75) is 542 Å². The molecule has 0 N–H and O–H groups in total. The van der Waals surface area contributed by atoms with E-state index in [0.717, 1.165) is 75.6 Å². The summed E-state index contributed by atoms with van der Waals surface area (Å²) in [5.74, 6) is 0. The fourth-order valence-corrected chi connectivity index (χ4v) is 17.8. The number of nitrogens with zero attached hydrogens (tertiary/aromatic N) is 2. The van der Waals surface area contributed by atoms with E-state index in [1.807, 2.05) is 14.4 Å². The summed E-state index contributed by atoms with van der Waals surface area (Å²) in [5.41, 5.74) is 30.4. The molecule has 0 atom stereocenters. The van der Waals surface area contributed by atoms with Gasteiger partial charge in [0.05, 0.1) is 0 Å². The van der Waals surface area contributed by atoms with Gasteiger partial charge in [0.1, 0.15) is 0 Å². The van der Waals surface area contributed by atoms with Crippen LogP contribution in [0.4, 0.5) is 0 Å². The van der Waals surface area contributed by atoms with E-state index >= 15 is 0 Å². The Bertz CT molecular complexity index is 2060. The van der Waals surface area contributed by atoms with Crippen LogP contribution in [0.2, 0.25) is 10.8 Å². The summed E-state index contributed by atoms with van der Waals surface area (Å²) in [7, 11) is 0. The van der Waals surface area contributed by atoms with Gasteiger partial charge >= 0.3 is 166 Å². The van der Waals surface area contributed by atoms with Gasteiger partial charge < -0.3 is 5.53 Å². The molecule has 3 rings (SSSR count). The number of unbranched alkanes of at least 4 members (excludes halogenated alkanes) is 54. The first kappa shape index (κ1) is 97.1. The molecule has 0 unspecified atom stereocenters. The number of rotatable bonds is 76. The van der Waals surface area contributed by atoms with Gasteiger partial charge in [0.15, 0.2) is 0 Å². The van der Waals surface area contributed by atoms with Crippen molar-refractivity contribution in [3.63, 3.8) is 0 Å². The topological polar surface area (TPSA) is 25.3 Å². The zero-order chi connectivity index (χ0) is 74.4. The number of hydrogen-bond acceptors (Lipinski definition) is 0. The van der Waals surface area contributed by atoms with Crippen molar-refractivity contribution in [1.82, 2.24) is 0 Å². The molecule has 1 aliphatic rings. The molecule has 602 valence electrons. The van der Waals surface area contributed by atoms with Gasteiger partial charge in [-0.3, -0.25) is 0 Å². The predicted octanol–water partition coefficient (Wildman–Crippen LogP) is 36.0. The van der Waals surface area contributed by atoms with Crippen LogP contribution in [0, 0.1) is 0 Å². The second kappa shape index (κ2) is 72.9. The summed E-state index contributed by atoms with van der Waals surface area (Å²) in [6.07, 6.45) is 98.1. The third-order valence-corrected chi connectivity index (χ3v) is 24.6. The molecule has 0 radical (unpaired) electrons. The smallest absolute Gasteiger partial charge is 0.493 e. The van der Waals surface area contributed by atoms with Crippen LogP contribution in [0.3, 0.4) is 0 Å². The molecule has 0 aliphatic carbocycles. The molecule has 0 amide bonds. The van der Waals surface area contributed by atoms with E-state index in [1.165, 1.54) is 431 Å². The normalized spacial score (nSPS) is 12.5. The summed E-state index contributed by atoms with van der Waals surface area (Å²) >= 11 is 2.05. The minimum atomic E-state index is 1.03. The molecule has 0 spiro atoms. The number of hydrogen-bond donors (Lipinski definition) is 0.